The molecule has 2 aromatic carbocycles. The van der Waals surface area contributed by atoms with Crippen LogP contribution in [0.5, 0.6) is 11.5 Å². The van der Waals surface area contributed by atoms with Crippen molar-refractivity contribution in [3.8, 4) is 11.5 Å². The molecule has 0 fully saturated rings. The summed E-state index contributed by atoms with van der Waals surface area (Å²) in [4.78, 5) is 12.8. The Morgan fingerprint density at radius 2 is 1.96 bits per heavy atom. The van der Waals surface area contributed by atoms with E-state index in [-0.39, 0.29) is 5.78 Å². The SMILES string of the molecule is COc1ccc(/C=C/C(=O)c2ccc(Cl)s2)cc1COc1cccc(Cl)c1. The number of ether oxygens (including phenoxy) is 2. The maximum absolute atomic E-state index is 12.2. The van der Waals surface area contributed by atoms with Crippen LogP contribution in [0.15, 0.2) is 60.7 Å². The van der Waals surface area contributed by atoms with Gasteiger partial charge in [0.2, 0.25) is 0 Å². The van der Waals surface area contributed by atoms with Crippen LogP contribution < -0.4 is 9.47 Å². The number of halogens is 2. The van der Waals surface area contributed by atoms with Crippen molar-refractivity contribution in [3.05, 3.63) is 86.0 Å². The molecule has 0 radical (unpaired) electrons. The topological polar surface area (TPSA) is 35.5 Å². The standard InChI is InChI=1S/C21H16Cl2O3S/c1-25-19-8-6-14(5-7-18(24)20-9-10-21(23)27-20)11-15(19)13-26-17-4-2-3-16(22)12-17/h2-12H,13H2,1H3/b7-5+. The minimum absolute atomic E-state index is 0.0838. The molecule has 138 valence electrons. The Hall–Kier alpha value is -2.27. The number of rotatable bonds is 7. The van der Waals surface area contributed by atoms with E-state index in [1.807, 2.05) is 30.3 Å². The van der Waals surface area contributed by atoms with Crippen molar-refractivity contribution in [2.75, 3.05) is 7.11 Å². The van der Waals surface area contributed by atoms with Gasteiger partial charge in [-0.15, -0.1) is 11.3 Å². The third kappa shape index (κ3) is 5.36. The second kappa shape index (κ2) is 9.09. The van der Waals surface area contributed by atoms with Gasteiger partial charge in [0.25, 0.3) is 0 Å². The highest BCUT2D eigenvalue weighted by atomic mass is 35.5. The van der Waals surface area contributed by atoms with Crippen LogP contribution in [0.2, 0.25) is 9.36 Å². The summed E-state index contributed by atoms with van der Waals surface area (Å²) in [5.41, 5.74) is 1.74. The van der Waals surface area contributed by atoms with Crippen molar-refractivity contribution in [1.29, 1.82) is 0 Å². The van der Waals surface area contributed by atoms with E-state index in [1.54, 1.807) is 37.5 Å². The largest absolute Gasteiger partial charge is 0.496 e. The van der Waals surface area contributed by atoms with Gasteiger partial charge in [0.05, 0.1) is 16.3 Å². The monoisotopic (exact) mass is 418 g/mol. The number of carbonyl (C=O) groups excluding carboxylic acids is 1. The average molecular weight is 419 g/mol. The minimum Gasteiger partial charge on any atom is -0.496 e. The molecule has 1 aromatic heterocycles. The molecule has 0 saturated heterocycles. The summed E-state index contributed by atoms with van der Waals surface area (Å²) in [7, 11) is 1.61. The number of methoxy groups -OCH3 is 1. The van der Waals surface area contributed by atoms with E-state index in [2.05, 4.69) is 0 Å². The number of allylic oxidation sites excluding steroid dienone is 1. The fraction of sp³-hybridized carbons (Fsp3) is 0.0952. The summed E-state index contributed by atoms with van der Waals surface area (Å²) in [5, 5.41) is 0.614. The first-order valence-electron chi connectivity index (χ1n) is 8.08. The molecule has 3 aromatic rings. The van der Waals surface area contributed by atoms with Gasteiger partial charge < -0.3 is 9.47 Å². The predicted octanol–water partition coefficient (Wildman–Crippen LogP) is 6.54. The molecule has 0 N–H and O–H groups in total. The summed E-state index contributed by atoms with van der Waals surface area (Å²) in [5.74, 6) is 1.31. The maximum Gasteiger partial charge on any atom is 0.195 e. The highest BCUT2D eigenvalue weighted by molar-refractivity contribution is 7.18. The van der Waals surface area contributed by atoms with E-state index in [4.69, 9.17) is 32.7 Å². The first-order valence-corrected chi connectivity index (χ1v) is 9.65. The molecular weight excluding hydrogens is 403 g/mol. The van der Waals surface area contributed by atoms with Crippen LogP contribution in [-0.4, -0.2) is 12.9 Å². The molecule has 0 aliphatic carbocycles. The number of carbonyl (C=O) groups is 1. The number of thiophene rings is 1. The third-order valence-electron chi connectivity index (χ3n) is 3.74. The fourth-order valence-electron chi connectivity index (χ4n) is 2.43. The Bertz CT molecular complexity index is 979. The molecule has 0 atom stereocenters. The van der Waals surface area contributed by atoms with E-state index in [0.29, 0.717) is 32.3 Å². The van der Waals surface area contributed by atoms with Crippen LogP contribution in [0.3, 0.4) is 0 Å². The first-order chi connectivity index (χ1) is 13.0. The lowest BCUT2D eigenvalue weighted by molar-refractivity contribution is 0.105. The van der Waals surface area contributed by atoms with Gasteiger partial charge in [0.15, 0.2) is 5.78 Å². The molecular formula is C21H16Cl2O3S. The van der Waals surface area contributed by atoms with Crippen LogP contribution in [0.1, 0.15) is 20.8 Å². The second-order valence-electron chi connectivity index (χ2n) is 5.62. The Kier molecular flexibility index (Phi) is 6.56. The number of hydrogen-bond acceptors (Lipinski definition) is 4. The van der Waals surface area contributed by atoms with E-state index >= 15 is 0 Å². The van der Waals surface area contributed by atoms with Gasteiger partial charge in [0, 0.05) is 10.6 Å². The highest BCUT2D eigenvalue weighted by Gasteiger charge is 2.07. The Balaban J connectivity index is 1.74. The van der Waals surface area contributed by atoms with Crippen LogP contribution in [0.4, 0.5) is 0 Å². The molecule has 0 spiro atoms. The average Bonchev–Trinajstić information content (AvgIpc) is 3.11. The van der Waals surface area contributed by atoms with Crippen molar-refractivity contribution < 1.29 is 14.3 Å². The second-order valence-corrected chi connectivity index (χ2v) is 7.77. The Morgan fingerprint density at radius 1 is 1.11 bits per heavy atom. The van der Waals surface area contributed by atoms with Gasteiger partial charge in [-0.2, -0.15) is 0 Å². The normalized spacial score (nSPS) is 10.9. The minimum atomic E-state index is -0.0838. The van der Waals surface area contributed by atoms with Crippen molar-refractivity contribution in [1.82, 2.24) is 0 Å². The molecule has 1 heterocycles. The molecule has 0 saturated carbocycles. The fourth-order valence-corrected chi connectivity index (χ4v) is 3.58. The van der Waals surface area contributed by atoms with Crippen molar-refractivity contribution in [3.63, 3.8) is 0 Å². The zero-order valence-corrected chi connectivity index (χ0v) is 16.8. The lowest BCUT2D eigenvalue weighted by atomic mass is 10.1. The zero-order chi connectivity index (χ0) is 19.2. The third-order valence-corrected chi connectivity index (χ3v) is 5.22. The molecule has 27 heavy (non-hydrogen) atoms. The molecule has 0 aliphatic heterocycles. The van der Waals surface area contributed by atoms with E-state index in [1.165, 1.54) is 17.4 Å². The lowest BCUT2D eigenvalue weighted by Gasteiger charge is -2.11. The van der Waals surface area contributed by atoms with Gasteiger partial charge in [-0.05, 0) is 54.1 Å². The zero-order valence-electron chi connectivity index (χ0n) is 14.4. The summed E-state index contributed by atoms with van der Waals surface area (Å²) in [6, 6.07) is 16.3. The van der Waals surface area contributed by atoms with Gasteiger partial charge in [-0.25, -0.2) is 0 Å². The summed E-state index contributed by atoms with van der Waals surface area (Å²) in [6.07, 6.45) is 3.30. The summed E-state index contributed by atoms with van der Waals surface area (Å²) < 4.78 is 11.8. The molecule has 3 nitrogen and oxygen atoms in total. The number of benzene rings is 2. The number of hydrogen-bond donors (Lipinski definition) is 0. The molecule has 3 rings (SSSR count). The van der Waals surface area contributed by atoms with Crippen molar-refractivity contribution >= 4 is 46.4 Å². The van der Waals surface area contributed by atoms with E-state index in [0.717, 1.165) is 11.1 Å². The van der Waals surface area contributed by atoms with Gasteiger partial charge in [-0.3, -0.25) is 4.79 Å². The van der Waals surface area contributed by atoms with Crippen LogP contribution in [0.25, 0.3) is 6.08 Å². The van der Waals surface area contributed by atoms with Crippen molar-refractivity contribution in [2.45, 2.75) is 6.61 Å². The molecule has 0 aliphatic rings. The van der Waals surface area contributed by atoms with Crippen LogP contribution >= 0.6 is 34.5 Å². The number of ketones is 1. The van der Waals surface area contributed by atoms with Crippen molar-refractivity contribution in [2.24, 2.45) is 0 Å². The molecule has 0 unspecified atom stereocenters. The summed E-state index contributed by atoms with van der Waals surface area (Å²) in [6.45, 7) is 0.319. The smallest absolute Gasteiger partial charge is 0.195 e. The maximum atomic E-state index is 12.2. The highest BCUT2D eigenvalue weighted by Crippen LogP contribution is 2.25. The van der Waals surface area contributed by atoms with Gasteiger partial charge in [0.1, 0.15) is 18.1 Å². The molecule has 0 bridgehead atoms. The Labute approximate surface area is 171 Å². The van der Waals surface area contributed by atoms with Crippen LogP contribution in [-0.2, 0) is 6.61 Å². The summed E-state index contributed by atoms with van der Waals surface area (Å²) >= 11 is 13.1. The van der Waals surface area contributed by atoms with Gasteiger partial charge in [-0.1, -0.05) is 41.4 Å². The molecule has 0 amide bonds. The Morgan fingerprint density at radius 3 is 2.67 bits per heavy atom. The first kappa shape index (κ1) is 19.5. The van der Waals surface area contributed by atoms with Crippen LogP contribution in [0, 0.1) is 0 Å². The molecule has 6 heteroatoms. The van der Waals surface area contributed by atoms with Gasteiger partial charge >= 0.3 is 0 Å². The predicted molar refractivity (Wildman–Crippen MR) is 111 cm³/mol. The lowest BCUT2D eigenvalue weighted by Crippen LogP contribution is -1.99. The quantitative estimate of drug-likeness (QED) is 0.322. The van der Waals surface area contributed by atoms with E-state index in [9.17, 15) is 4.79 Å². The van der Waals surface area contributed by atoms with E-state index < -0.39 is 0 Å².